The molecule has 2 N–H and O–H groups in total. The fourth-order valence-electron chi connectivity index (χ4n) is 2.61. The first-order chi connectivity index (χ1) is 14.6. The number of nitrogens with zero attached hydrogens (tertiary/aromatic N) is 4. The fraction of sp³-hybridized carbons (Fsp3) is 0.571. The van der Waals surface area contributed by atoms with Crippen molar-refractivity contribution in [3.63, 3.8) is 0 Å². The van der Waals surface area contributed by atoms with E-state index in [-0.39, 0.29) is 30.1 Å². The molecule has 0 radical (unpaired) electrons. The van der Waals surface area contributed by atoms with Gasteiger partial charge >= 0.3 is 0 Å². The number of aromatic nitrogens is 3. The molecule has 2 aromatic rings. The van der Waals surface area contributed by atoms with Gasteiger partial charge in [0, 0.05) is 32.5 Å². The van der Waals surface area contributed by atoms with Gasteiger partial charge in [0.15, 0.2) is 11.8 Å². The quantitative estimate of drug-likeness (QED) is 0.172. The third kappa shape index (κ3) is 10.8. The zero-order chi connectivity index (χ0) is 21.6. The Morgan fingerprint density at radius 2 is 1.94 bits per heavy atom. The molecule has 174 valence electrons. The molecule has 1 aromatic carbocycles. The van der Waals surface area contributed by atoms with Crippen molar-refractivity contribution in [1.29, 1.82) is 0 Å². The molecule has 9 nitrogen and oxygen atoms in total. The standard InChI is InChI=1S/C21H34N6O3.HI/c1-5-27-16-24-26-20(27)15-23-21(22-11-6-12-29-14-13-28-4)25-18-7-9-19(10-8-18)30-17(2)3;/h7-10,16-17H,5-6,11-15H2,1-4H3,(H2,22,23,25);1H. The van der Waals surface area contributed by atoms with Crippen LogP contribution in [0.2, 0.25) is 0 Å². The van der Waals surface area contributed by atoms with Gasteiger partial charge in [-0.2, -0.15) is 0 Å². The van der Waals surface area contributed by atoms with E-state index in [1.54, 1.807) is 13.4 Å². The molecule has 0 saturated carbocycles. The average Bonchev–Trinajstić information content (AvgIpc) is 3.19. The fourth-order valence-corrected chi connectivity index (χ4v) is 2.61. The molecule has 0 aliphatic heterocycles. The molecule has 0 spiro atoms. The first-order valence-electron chi connectivity index (χ1n) is 10.4. The van der Waals surface area contributed by atoms with Gasteiger partial charge in [-0.3, -0.25) is 0 Å². The van der Waals surface area contributed by atoms with Crippen LogP contribution in [0.4, 0.5) is 5.69 Å². The third-order valence-corrected chi connectivity index (χ3v) is 4.09. The molecule has 1 heterocycles. The summed E-state index contributed by atoms with van der Waals surface area (Å²) in [4.78, 5) is 4.67. The summed E-state index contributed by atoms with van der Waals surface area (Å²) in [6.07, 6.45) is 2.72. The van der Waals surface area contributed by atoms with Crippen molar-refractivity contribution >= 4 is 35.6 Å². The van der Waals surface area contributed by atoms with Crippen LogP contribution >= 0.6 is 24.0 Å². The summed E-state index contributed by atoms with van der Waals surface area (Å²) in [7, 11) is 1.67. The van der Waals surface area contributed by atoms with Crippen LogP contribution in [0.3, 0.4) is 0 Å². The number of methoxy groups -OCH3 is 1. The Morgan fingerprint density at radius 3 is 2.61 bits per heavy atom. The number of benzene rings is 1. The average molecular weight is 546 g/mol. The molecule has 0 bridgehead atoms. The first kappa shape index (κ1) is 27.1. The second-order valence-corrected chi connectivity index (χ2v) is 6.90. The van der Waals surface area contributed by atoms with Crippen molar-refractivity contribution in [3.8, 4) is 5.75 Å². The van der Waals surface area contributed by atoms with E-state index in [1.807, 2.05) is 42.7 Å². The summed E-state index contributed by atoms with van der Waals surface area (Å²) >= 11 is 0. The Balaban J connectivity index is 0.00000480. The van der Waals surface area contributed by atoms with E-state index < -0.39 is 0 Å². The highest BCUT2D eigenvalue weighted by molar-refractivity contribution is 14.0. The molecule has 0 aliphatic carbocycles. The number of rotatable bonds is 13. The van der Waals surface area contributed by atoms with E-state index in [1.165, 1.54) is 0 Å². The SMILES string of the molecule is CCn1cnnc1CN=C(NCCCOCCOC)Nc1ccc(OC(C)C)cc1.I. The van der Waals surface area contributed by atoms with Crippen LogP contribution < -0.4 is 15.4 Å². The molecule has 0 aliphatic rings. The minimum atomic E-state index is 0. The van der Waals surface area contributed by atoms with Crippen LogP contribution in [-0.4, -0.2) is 60.3 Å². The molecule has 10 heteroatoms. The van der Waals surface area contributed by atoms with Gasteiger partial charge in [0.05, 0.1) is 19.3 Å². The Hall–Kier alpha value is -1.92. The summed E-state index contributed by atoms with van der Waals surface area (Å²) in [5.41, 5.74) is 0.922. The van der Waals surface area contributed by atoms with Gasteiger partial charge in [-0.05, 0) is 51.5 Å². The van der Waals surface area contributed by atoms with Gasteiger partial charge in [0.1, 0.15) is 18.6 Å². The van der Waals surface area contributed by atoms with Gasteiger partial charge in [0.25, 0.3) is 0 Å². The maximum absolute atomic E-state index is 5.70. The molecule has 0 saturated heterocycles. The van der Waals surface area contributed by atoms with E-state index in [0.717, 1.165) is 36.8 Å². The van der Waals surface area contributed by atoms with Crippen molar-refractivity contribution < 1.29 is 14.2 Å². The maximum atomic E-state index is 5.70. The smallest absolute Gasteiger partial charge is 0.196 e. The van der Waals surface area contributed by atoms with Crippen LogP contribution in [0.1, 0.15) is 33.0 Å². The summed E-state index contributed by atoms with van der Waals surface area (Å²) in [5.74, 6) is 2.34. The van der Waals surface area contributed by atoms with Crippen LogP contribution in [0.25, 0.3) is 0 Å². The molecule has 0 atom stereocenters. The molecule has 0 unspecified atom stereocenters. The second-order valence-electron chi connectivity index (χ2n) is 6.90. The number of nitrogens with one attached hydrogen (secondary N) is 2. The van der Waals surface area contributed by atoms with Gasteiger partial charge in [-0.1, -0.05) is 0 Å². The van der Waals surface area contributed by atoms with Crippen molar-refractivity contribution in [2.45, 2.75) is 46.4 Å². The number of aryl methyl sites for hydroxylation is 1. The number of halogens is 1. The van der Waals surface area contributed by atoms with Crippen molar-refractivity contribution in [2.75, 3.05) is 38.8 Å². The molecule has 31 heavy (non-hydrogen) atoms. The normalized spacial score (nSPS) is 11.3. The highest BCUT2D eigenvalue weighted by Gasteiger charge is 2.05. The number of guanidine groups is 1. The third-order valence-electron chi connectivity index (χ3n) is 4.09. The van der Waals surface area contributed by atoms with E-state index in [4.69, 9.17) is 14.2 Å². The molecule has 2 rings (SSSR count). The number of ether oxygens (including phenoxy) is 3. The highest BCUT2D eigenvalue weighted by Crippen LogP contribution is 2.17. The predicted octanol–water partition coefficient (Wildman–Crippen LogP) is 3.31. The molecular formula is C21H35IN6O3. The van der Waals surface area contributed by atoms with Gasteiger partial charge in [-0.15, -0.1) is 34.2 Å². The summed E-state index contributed by atoms with van der Waals surface area (Å²) in [5, 5.41) is 14.8. The highest BCUT2D eigenvalue weighted by atomic mass is 127. The Labute approximate surface area is 202 Å². The summed E-state index contributed by atoms with van der Waals surface area (Å²) in [6.45, 7) is 9.92. The zero-order valence-corrected chi connectivity index (χ0v) is 21.2. The minimum absolute atomic E-state index is 0. The second kappa shape index (κ2) is 15.8. The Bertz CT molecular complexity index is 752. The minimum Gasteiger partial charge on any atom is -0.491 e. The van der Waals surface area contributed by atoms with Crippen molar-refractivity contribution in [2.24, 2.45) is 4.99 Å². The van der Waals surface area contributed by atoms with Gasteiger partial charge in [-0.25, -0.2) is 4.99 Å². The summed E-state index contributed by atoms with van der Waals surface area (Å²) in [6, 6.07) is 7.82. The lowest BCUT2D eigenvalue weighted by Crippen LogP contribution is -2.32. The number of anilines is 1. The monoisotopic (exact) mass is 546 g/mol. The number of hydrogen-bond donors (Lipinski definition) is 2. The Kier molecular flexibility index (Phi) is 13.8. The molecular weight excluding hydrogens is 511 g/mol. The van der Waals surface area contributed by atoms with E-state index >= 15 is 0 Å². The van der Waals surface area contributed by atoms with Crippen LogP contribution in [0, 0.1) is 0 Å². The maximum Gasteiger partial charge on any atom is 0.196 e. The lowest BCUT2D eigenvalue weighted by atomic mass is 10.3. The topological polar surface area (TPSA) is 94.8 Å². The zero-order valence-electron chi connectivity index (χ0n) is 18.8. The lowest BCUT2D eigenvalue weighted by Gasteiger charge is -2.14. The van der Waals surface area contributed by atoms with Crippen molar-refractivity contribution in [3.05, 3.63) is 36.4 Å². The van der Waals surface area contributed by atoms with E-state index in [0.29, 0.717) is 32.3 Å². The van der Waals surface area contributed by atoms with Crippen LogP contribution in [0.5, 0.6) is 5.75 Å². The Morgan fingerprint density at radius 1 is 1.16 bits per heavy atom. The van der Waals surface area contributed by atoms with Crippen molar-refractivity contribution in [1.82, 2.24) is 20.1 Å². The molecule has 1 aromatic heterocycles. The largest absolute Gasteiger partial charge is 0.491 e. The van der Waals surface area contributed by atoms with Crippen LogP contribution in [0.15, 0.2) is 35.6 Å². The van der Waals surface area contributed by atoms with Gasteiger partial charge in [0.2, 0.25) is 0 Å². The molecule has 0 amide bonds. The molecule has 0 fully saturated rings. The predicted molar refractivity (Wildman–Crippen MR) is 133 cm³/mol. The van der Waals surface area contributed by atoms with E-state index in [2.05, 4.69) is 32.7 Å². The van der Waals surface area contributed by atoms with E-state index in [9.17, 15) is 0 Å². The number of aliphatic imine (C=N–C) groups is 1. The number of hydrogen-bond acceptors (Lipinski definition) is 6. The van der Waals surface area contributed by atoms with Crippen LogP contribution in [-0.2, 0) is 22.6 Å². The summed E-state index contributed by atoms with van der Waals surface area (Å²) < 4.78 is 18.2. The first-order valence-corrected chi connectivity index (χ1v) is 10.4. The van der Waals surface area contributed by atoms with Gasteiger partial charge < -0.3 is 29.4 Å². The lowest BCUT2D eigenvalue weighted by molar-refractivity contribution is 0.0699.